The maximum Gasteiger partial charge on any atom is 0.246 e. The molecule has 14 heavy (non-hydrogen) atoms. The third-order valence-corrected chi connectivity index (χ3v) is 7.36. The Morgan fingerprint density at radius 2 is 1.79 bits per heavy atom. The molecule has 78 valence electrons. The van der Waals surface area contributed by atoms with Crippen molar-refractivity contribution in [2.75, 3.05) is 0 Å². The molecule has 0 aliphatic carbocycles. The van der Waals surface area contributed by atoms with Gasteiger partial charge in [-0.2, -0.15) is 0 Å². The van der Waals surface area contributed by atoms with Crippen LogP contribution in [0.5, 0.6) is 0 Å². The van der Waals surface area contributed by atoms with Gasteiger partial charge in [-0.15, -0.1) is 33.8 Å². The molecule has 0 nitrogen and oxygen atoms in total. The molecule has 0 aliphatic heterocycles. The minimum absolute atomic E-state index is 0.130. The van der Waals surface area contributed by atoms with E-state index < -0.39 is 7.42 Å². The lowest BCUT2D eigenvalue weighted by atomic mass is 9.97. The standard InChI is InChI=1S/C10H13Cl3Si/c1-10(2,14(12)13)9-6-4-3-5-8(9)7-11/h3-6,14H,7H2,1-2H3. The molecule has 0 saturated heterocycles. The first kappa shape index (κ1) is 12.4. The van der Waals surface area contributed by atoms with Crippen molar-refractivity contribution < 1.29 is 0 Å². The van der Waals surface area contributed by atoms with Crippen LogP contribution in [0.2, 0.25) is 0 Å². The molecule has 0 bridgehead atoms. The highest BCUT2D eigenvalue weighted by Gasteiger charge is 2.31. The minimum atomic E-state index is -1.76. The van der Waals surface area contributed by atoms with E-state index >= 15 is 0 Å². The maximum atomic E-state index is 6.09. The molecule has 0 fully saturated rings. The van der Waals surface area contributed by atoms with E-state index in [4.69, 9.17) is 33.8 Å². The average Bonchev–Trinajstić information content (AvgIpc) is 2.17. The van der Waals surface area contributed by atoms with Gasteiger partial charge in [0.1, 0.15) is 0 Å². The van der Waals surface area contributed by atoms with E-state index in [0.717, 1.165) is 5.56 Å². The molecule has 4 heteroatoms. The van der Waals surface area contributed by atoms with Gasteiger partial charge in [-0.1, -0.05) is 38.1 Å². The van der Waals surface area contributed by atoms with Gasteiger partial charge in [-0.25, -0.2) is 0 Å². The molecule has 0 radical (unpaired) electrons. The summed E-state index contributed by atoms with van der Waals surface area (Å²) in [4.78, 5) is 0. The highest BCUT2D eigenvalue weighted by atomic mass is 35.7. The van der Waals surface area contributed by atoms with E-state index in [1.54, 1.807) is 0 Å². The van der Waals surface area contributed by atoms with Gasteiger partial charge in [-0.3, -0.25) is 0 Å². The van der Waals surface area contributed by atoms with Gasteiger partial charge in [0, 0.05) is 10.9 Å². The number of halogens is 3. The van der Waals surface area contributed by atoms with Crippen molar-refractivity contribution in [3.63, 3.8) is 0 Å². The number of benzene rings is 1. The Morgan fingerprint density at radius 3 is 2.29 bits per heavy atom. The fourth-order valence-electron chi connectivity index (χ4n) is 1.38. The van der Waals surface area contributed by atoms with Crippen molar-refractivity contribution in [1.82, 2.24) is 0 Å². The summed E-state index contributed by atoms with van der Waals surface area (Å²) in [5.74, 6) is 0.508. The molecule has 0 saturated carbocycles. The van der Waals surface area contributed by atoms with E-state index in [-0.39, 0.29) is 5.04 Å². The molecule has 0 heterocycles. The van der Waals surface area contributed by atoms with Gasteiger partial charge in [0.2, 0.25) is 7.42 Å². The number of rotatable bonds is 3. The highest BCUT2D eigenvalue weighted by Crippen LogP contribution is 2.32. The van der Waals surface area contributed by atoms with Gasteiger partial charge in [0.25, 0.3) is 0 Å². The van der Waals surface area contributed by atoms with Gasteiger partial charge < -0.3 is 0 Å². The SMILES string of the molecule is CC(C)(c1ccccc1CCl)[SiH](Cl)Cl. The molecule has 0 spiro atoms. The lowest BCUT2D eigenvalue weighted by Crippen LogP contribution is -2.30. The van der Waals surface area contributed by atoms with Crippen molar-refractivity contribution in [3.05, 3.63) is 35.4 Å². The smallest absolute Gasteiger partial charge is 0.149 e. The molecule has 1 aromatic carbocycles. The summed E-state index contributed by atoms with van der Waals surface area (Å²) in [6.45, 7) is 4.16. The van der Waals surface area contributed by atoms with Crippen LogP contribution in [0.3, 0.4) is 0 Å². The molecule has 0 N–H and O–H groups in total. The van der Waals surface area contributed by atoms with Crippen LogP contribution in [0.4, 0.5) is 0 Å². The predicted molar refractivity (Wildman–Crippen MR) is 67.9 cm³/mol. The average molecular weight is 268 g/mol. The van der Waals surface area contributed by atoms with E-state index in [2.05, 4.69) is 19.9 Å². The number of hydrogen-bond donors (Lipinski definition) is 0. The summed E-state index contributed by atoms with van der Waals surface area (Å²) in [5, 5.41) is -0.130. The molecule has 0 aromatic heterocycles. The van der Waals surface area contributed by atoms with Crippen LogP contribution in [0.15, 0.2) is 24.3 Å². The topological polar surface area (TPSA) is 0 Å². The van der Waals surface area contributed by atoms with Crippen LogP contribution < -0.4 is 0 Å². The second-order valence-electron chi connectivity index (χ2n) is 3.81. The second-order valence-corrected chi connectivity index (χ2v) is 9.41. The monoisotopic (exact) mass is 266 g/mol. The lowest BCUT2D eigenvalue weighted by molar-refractivity contribution is 0.747. The van der Waals surface area contributed by atoms with Crippen LogP contribution in [0, 0.1) is 0 Å². The van der Waals surface area contributed by atoms with E-state index in [9.17, 15) is 0 Å². The Balaban J connectivity index is 3.17. The van der Waals surface area contributed by atoms with E-state index in [0.29, 0.717) is 5.88 Å². The summed E-state index contributed by atoms with van der Waals surface area (Å²) in [5.41, 5.74) is 2.30. The molecule has 0 unspecified atom stereocenters. The number of hydrogen-bond acceptors (Lipinski definition) is 0. The van der Waals surface area contributed by atoms with Crippen molar-refractivity contribution in [2.24, 2.45) is 0 Å². The third kappa shape index (κ3) is 2.46. The van der Waals surface area contributed by atoms with Gasteiger partial charge in [-0.05, 0) is 11.1 Å². The fraction of sp³-hybridized carbons (Fsp3) is 0.400. The Kier molecular flexibility index (Phi) is 4.32. The summed E-state index contributed by atoms with van der Waals surface area (Å²) in [6, 6.07) is 8.06. The number of alkyl halides is 1. The fourth-order valence-corrected chi connectivity index (χ4v) is 2.84. The van der Waals surface area contributed by atoms with Gasteiger partial charge >= 0.3 is 0 Å². The first-order valence-electron chi connectivity index (χ1n) is 4.42. The summed E-state index contributed by atoms with van der Waals surface area (Å²) in [6.07, 6.45) is 0. The normalized spacial score (nSPS) is 12.1. The molecule has 0 atom stereocenters. The second kappa shape index (κ2) is 4.89. The molecule has 1 rings (SSSR count). The van der Waals surface area contributed by atoms with E-state index in [1.165, 1.54) is 5.56 Å². The molecular weight excluding hydrogens is 255 g/mol. The predicted octanol–water partition coefficient (Wildman–Crippen LogP) is 3.94. The first-order valence-corrected chi connectivity index (χ1v) is 9.03. The molecule has 0 amide bonds. The van der Waals surface area contributed by atoms with E-state index in [1.807, 2.05) is 18.2 Å². The maximum absolute atomic E-state index is 6.09. The largest absolute Gasteiger partial charge is 0.246 e. The van der Waals surface area contributed by atoms with Crippen molar-refractivity contribution in [3.8, 4) is 0 Å². The lowest BCUT2D eigenvalue weighted by Gasteiger charge is -2.27. The van der Waals surface area contributed by atoms with Crippen molar-refractivity contribution in [1.29, 1.82) is 0 Å². The molecular formula is C10H13Cl3Si. The molecule has 1 aromatic rings. The zero-order chi connectivity index (χ0) is 10.8. The van der Waals surface area contributed by atoms with Crippen LogP contribution in [-0.2, 0) is 10.9 Å². The zero-order valence-corrected chi connectivity index (χ0v) is 11.7. The Morgan fingerprint density at radius 1 is 1.21 bits per heavy atom. The summed E-state index contributed by atoms with van der Waals surface area (Å²) < 4.78 is 0. The van der Waals surface area contributed by atoms with Crippen LogP contribution in [0.25, 0.3) is 0 Å². The Bertz CT molecular complexity index is 310. The zero-order valence-electron chi connectivity index (χ0n) is 8.23. The summed E-state index contributed by atoms with van der Waals surface area (Å²) in [7, 11) is -1.76. The Labute approximate surface area is 101 Å². The van der Waals surface area contributed by atoms with Crippen LogP contribution in [0.1, 0.15) is 25.0 Å². The minimum Gasteiger partial charge on any atom is -0.149 e. The summed E-state index contributed by atoms with van der Waals surface area (Å²) >= 11 is 18.1. The van der Waals surface area contributed by atoms with Crippen molar-refractivity contribution >= 4 is 41.2 Å². The van der Waals surface area contributed by atoms with Gasteiger partial charge in [0.05, 0.1) is 0 Å². The molecule has 0 aliphatic rings. The van der Waals surface area contributed by atoms with Crippen molar-refractivity contribution in [2.45, 2.75) is 24.8 Å². The third-order valence-electron chi connectivity index (χ3n) is 2.40. The van der Waals surface area contributed by atoms with Gasteiger partial charge in [0.15, 0.2) is 0 Å². The first-order chi connectivity index (χ1) is 6.50. The highest BCUT2D eigenvalue weighted by molar-refractivity contribution is 7.34. The quantitative estimate of drug-likeness (QED) is 0.442. The van der Waals surface area contributed by atoms with Crippen LogP contribution >= 0.6 is 33.8 Å². The van der Waals surface area contributed by atoms with Crippen LogP contribution in [-0.4, -0.2) is 7.42 Å². The Hall–Kier alpha value is 0.307.